The highest BCUT2D eigenvalue weighted by molar-refractivity contribution is 5.85. The van der Waals surface area contributed by atoms with E-state index in [1.54, 1.807) is 14.1 Å². The molecule has 2 heterocycles. The molecule has 53 heavy (non-hydrogen) atoms. The maximum atomic E-state index is 12.8. The summed E-state index contributed by atoms with van der Waals surface area (Å²) in [4.78, 5) is 16.5. The monoisotopic (exact) mass is 724 g/mol. The maximum absolute atomic E-state index is 12.8. The van der Waals surface area contributed by atoms with E-state index in [-0.39, 0.29) is 11.8 Å². The highest BCUT2D eigenvalue weighted by Gasteiger charge is 2.44. The highest BCUT2D eigenvalue weighted by Crippen LogP contribution is 2.39. The van der Waals surface area contributed by atoms with Gasteiger partial charge in [0.05, 0.1) is 17.1 Å². The van der Waals surface area contributed by atoms with Gasteiger partial charge in [0, 0.05) is 78.7 Å². The zero-order valence-electron chi connectivity index (χ0n) is 31.7. The normalized spacial score (nSPS) is 17.5. The summed E-state index contributed by atoms with van der Waals surface area (Å²) in [7, 11) is 7.53. The van der Waals surface area contributed by atoms with Gasteiger partial charge in [0.15, 0.2) is 0 Å². The number of amides is 1. The van der Waals surface area contributed by atoms with Gasteiger partial charge in [-0.2, -0.15) is 0 Å². The number of benzene rings is 4. The molecule has 0 spiro atoms. The number of likely N-dealkylation sites (N-methyl/N-ethyl adjacent to an activating group) is 2. The molecule has 2 atom stereocenters. The van der Waals surface area contributed by atoms with Crippen molar-refractivity contribution in [3.8, 4) is 11.5 Å². The molecule has 2 unspecified atom stereocenters. The van der Waals surface area contributed by atoms with Crippen molar-refractivity contribution >= 4 is 5.91 Å². The van der Waals surface area contributed by atoms with Gasteiger partial charge in [-0.25, -0.2) is 0 Å². The second-order valence-corrected chi connectivity index (χ2v) is 14.6. The first kappa shape index (κ1) is 39.9. The zero-order chi connectivity index (χ0) is 37.7. The van der Waals surface area contributed by atoms with Crippen LogP contribution >= 0.6 is 0 Å². The van der Waals surface area contributed by atoms with E-state index in [2.05, 4.69) is 29.2 Å². The van der Waals surface area contributed by atoms with Crippen molar-refractivity contribution in [2.75, 3.05) is 61.2 Å². The van der Waals surface area contributed by atoms with Crippen LogP contribution in [0.3, 0.4) is 0 Å². The lowest BCUT2D eigenvalue weighted by Gasteiger charge is -2.40. The molecule has 2 aliphatic heterocycles. The van der Waals surface area contributed by atoms with Gasteiger partial charge in [0.1, 0.15) is 24.7 Å². The molecule has 6 rings (SSSR count). The number of hydrogen-bond donors (Lipinski definition) is 2. The Morgan fingerprint density at radius 3 is 1.45 bits per heavy atom. The van der Waals surface area contributed by atoms with E-state index in [0.29, 0.717) is 65.3 Å². The Morgan fingerprint density at radius 1 is 0.623 bits per heavy atom. The van der Waals surface area contributed by atoms with Gasteiger partial charge >= 0.3 is 0 Å². The molecule has 284 valence electrons. The molecule has 4 aromatic carbocycles. The fraction of sp³-hybridized carbons (Fsp3) is 0.432. The van der Waals surface area contributed by atoms with E-state index < -0.39 is 17.1 Å². The minimum atomic E-state index is -1.09. The van der Waals surface area contributed by atoms with E-state index in [9.17, 15) is 15.0 Å². The van der Waals surface area contributed by atoms with Gasteiger partial charge in [-0.3, -0.25) is 4.79 Å². The van der Waals surface area contributed by atoms with E-state index in [1.807, 2.05) is 99.0 Å². The lowest BCUT2D eigenvalue weighted by Crippen LogP contribution is -2.48. The first-order valence-corrected chi connectivity index (χ1v) is 18.6. The Kier molecular flexibility index (Phi) is 14.5. The molecule has 2 fully saturated rings. The van der Waals surface area contributed by atoms with Crippen LogP contribution in [0, 0.1) is 0 Å². The van der Waals surface area contributed by atoms with Crippen LogP contribution in [0.25, 0.3) is 0 Å². The Bertz CT molecular complexity index is 1650. The van der Waals surface area contributed by atoms with Gasteiger partial charge in [-0.1, -0.05) is 84.9 Å². The van der Waals surface area contributed by atoms with Gasteiger partial charge < -0.3 is 39.0 Å². The van der Waals surface area contributed by atoms with E-state index in [0.717, 1.165) is 40.3 Å². The highest BCUT2D eigenvalue weighted by atomic mass is 16.5. The topological polar surface area (TPSA) is 101 Å². The molecule has 9 nitrogen and oxygen atoms in total. The molecule has 4 aromatic rings. The third-order valence-corrected chi connectivity index (χ3v) is 10.1. The Hall–Kier alpha value is -4.25. The average Bonchev–Trinajstić information content (AvgIpc) is 3.17. The van der Waals surface area contributed by atoms with Crippen molar-refractivity contribution in [2.45, 2.75) is 61.9 Å². The van der Waals surface area contributed by atoms with Crippen LogP contribution in [0.1, 0.15) is 59.8 Å². The van der Waals surface area contributed by atoms with Crippen LogP contribution in [0.5, 0.6) is 11.5 Å². The van der Waals surface area contributed by atoms with Crippen molar-refractivity contribution in [1.29, 1.82) is 0 Å². The number of carbonyl (C=O) groups excluding carboxylic acids is 1. The molecule has 1 amide bonds. The molecule has 2 saturated heterocycles. The molecule has 2 aliphatic rings. The molecule has 9 heteroatoms. The van der Waals surface area contributed by atoms with E-state index >= 15 is 0 Å². The number of aliphatic hydroxyl groups is 2. The van der Waals surface area contributed by atoms with Crippen LogP contribution in [0.2, 0.25) is 0 Å². The molecular weight excluding hydrogens is 668 g/mol. The third kappa shape index (κ3) is 11.4. The Labute approximate surface area is 315 Å². The fourth-order valence-corrected chi connectivity index (χ4v) is 7.01. The van der Waals surface area contributed by atoms with Crippen LogP contribution in [0.4, 0.5) is 0 Å². The lowest BCUT2D eigenvalue weighted by atomic mass is 9.76. The predicted molar refractivity (Wildman–Crippen MR) is 207 cm³/mol. The predicted octanol–water partition coefficient (Wildman–Crippen LogP) is 6.43. The first-order valence-electron chi connectivity index (χ1n) is 18.6. The van der Waals surface area contributed by atoms with Crippen LogP contribution in [-0.4, -0.2) is 98.3 Å². The van der Waals surface area contributed by atoms with Crippen molar-refractivity contribution in [3.63, 3.8) is 0 Å². The Morgan fingerprint density at radius 2 is 1.04 bits per heavy atom. The standard InChI is InChI=1S/C22H27NO4.C22H29NO3/c1-23(2)21(24)20(22(25)12-14-26-15-13-22)18-8-10-19(11-9-18)27-16-17-6-4-3-5-7-17;1-23(2)16-21(22(24)12-14-25-15-13-22)19-8-10-20(11-9-19)26-17-18-6-4-3-5-7-18/h3-11,20,25H,12-16H2,1-2H3;3-11,21,24H,12-17H2,1-2H3. The number of ether oxygens (including phenoxy) is 4. The summed E-state index contributed by atoms with van der Waals surface area (Å²) in [5, 5.41) is 22.4. The number of nitrogens with zero attached hydrogens (tertiary/aromatic N) is 2. The molecule has 2 N–H and O–H groups in total. The van der Waals surface area contributed by atoms with E-state index in [4.69, 9.17) is 18.9 Å². The quantitative estimate of drug-likeness (QED) is 0.163. The summed E-state index contributed by atoms with van der Waals surface area (Å²) in [6.07, 6.45) is 2.25. The fourth-order valence-electron chi connectivity index (χ4n) is 7.01. The van der Waals surface area contributed by atoms with Gasteiger partial charge in [0.2, 0.25) is 5.91 Å². The maximum Gasteiger partial charge on any atom is 0.232 e. The summed E-state index contributed by atoms with van der Waals surface area (Å²) in [5.74, 6) is 0.930. The Balaban J connectivity index is 0.000000204. The van der Waals surface area contributed by atoms with Gasteiger partial charge in [-0.05, 0) is 60.6 Å². The van der Waals surface area contributed by atoms with Crippen LogP contribution in [0.15, 0.2) is 109 Å². The van der Waals surface area contributed by atoms with Crippen molar-refractivity contribution < 1.29 is 34.0 Å². The van der Waals surface area contributed by atoms with Crippen LogP contribution < -0.4 is 9.47 Å². The summed E-state index contributed by atoms with van der Waals surface area (Å²) in [6, 6.07) is 35.8. The number of carbonyl (C=O) groups is 1. The lowest BCUT2D eigenvalue weighted by molar-refractivity contribution is -0.143. The summed E-state index contributed by atoms with van der Waals surface area (Å²) < 4.78 is 22.5. The minimum Gasteiger partial charge on any atom is -0.489 e. The van der Waals surface area contributed by atoms with Crippen LogP contribution in [-0.2, 0) is 27.5 Å². The van der Waals surface area contributed by atoms with E-state index in [1.165, 1.54) is 4.90 Å². The summed E-state index contributed by atoms with van der Waals surface area (Å²) in [6.45, 7) is 4.03. The number of rotatable bonds is 13. The minimum absolute atomic E-state index is 0.0598. The third-order valence-electron chi connectivity index (χ3n) is 10.1. The summed E-state index contributed by atoms with van der Waals surface area (Å²) >= 11 is 0. The molecular formula is C44H56N2O7. The molecule has 0 bridgehead atoms. The van der Waals surface area contributed by atoms with Gasteiger partial charge in [-0.15, -0.1) is 0 Å². The summed E-state index contributed by atoms with van der Waals surface area (Å²) in [5.41, 5.74) is 2.39. The molecule has 0 aliphatic carbocycles. The smallest absolute Gasteiger partial charge is 0.232 e. The first-order chi connectivity index (χ1) is 25.6. The zero-order valence-corrected chi connectivity index (χ0v) is 31.7. The molecule has 0 aromatic heterocycles. The second kappa shape index (κ2) is 19.2. The second-order valence-electron chi connectivity index (χ2n) is 14.6. The average molecular weight is 725 g/mol. The van der Waals surface area contributed by atoms with Crippen molar-refractivity contribution in [1.82, 2.24) is 9.80 Å². The van der Waals surface area contributed by atoms with Crippen molar-refractivity contribution in [3.05, 3.63) is 131 Å². The van der Waals surface area contributed by atoms with Gasteiger partial charge in [0.25, 0.3) is 0 Å². The largest absolute Gasteiger partial charge is 0.489 e. The molecule has 0 radical (unpaired) electrons. The van der Waals surface area contributed by atoms with Crippen molar-refractivity contribution in [2.24, 2.45) is 0 Å². The number of hydrogen-bond acceptors (Lipinski definition) is 8. The SMILES string of the molecule is CN(C)C(=O)C(c1ccc(OCc2ccccc2)cc1)C1(O)CCOCC1.CN(C)CC(c1ccc(OCc2ccccc2)cc1)C1(O)CCOCC1. The molecule has 0 saturated carbocycles.